The molecule has 34 heavy (non-hydrogen) atoms. The number of fused-ring (bicyclic) bond motifs is 5. The lowest BCUT2D eigenvalue weighted by molar-refractivity contribution is -0.152. The zero-order valence-corrected chi connectivity index (χ0v) is 22.6. The van der Waals surface area contributed by atoms with Gasteiger partial charge in [0.25, 0.3) is 0 Å². The average Bonchev–Trinajstić information content (AvgIpc) is 3.12. The van der Waals surface area contributed by atoms with Crippen molar-refractivity contribution in [1.82, 2.24) is 0 Å². The van der Waals surface area contributed by atoms with Crippen LogP contribution >= 0.6 is 0 Å². The Morgan fingerprint density at radius 2 is 1.88 bits per heavy atom. The number of hydrogen-bond donors (Lipinski definition) is 3. The quantitative estimate of drug-likeness (QED) is 0.389. The van der Waals surface area contributed by atoms with Crippen LogP contribution in [0.15, 0.2) is 11.6 Å². The number of carbonyl (C=O) groups excluding carboxylic acids is 1. The van der Waals surface area contributed by atoms with E-state index in [4.69, 9.17) is 11.5 Å². The second-order valence-corrected chi connectivity index (χ2v) is 13.7. The SMILES string of the molecule is CC(C)CCC[C@@H](C)[C@H]1CC[C@H]2[C@@H]3CC=C4CC(O)(C(N)=O)C(CCN)C[C@]4(C)[C@H]3CC[C@]12C. The molecule has 3 fully saturated rings. The average molecular weight is 473 g/mol. The van der Waals surface area contributed by atoms with Crippen LogP contribution in [0.5, 0.6) is 0 Å². The molecule has 4 aliphatic carbocycles. The summed E-state index contributed by atoms with van der Waals surface area (Å²) in [6.45, 7) is 12.8. The number of rotatable bonds is 8. The maximum Gasteiger partial charge on any atom is 0.250 e. The van der Waals surface area contributed by atoms with Crippen LogP contribution in [0.25, 0.3) is 0 Å². The van der Waals surface area contributed by atoms with Gasteiger partial charge in [0.05, 0.1) is 0 Å². The molecule has 0 aromatic carbocycles. The fourth-order valence-corrected chi connectivity index (χ4v) is 9.68. The fraction of sp³-hybridized carbons (Fsp3) is 0.900. The molecule has 4 rings (SSSR count). The van der Waals surface area contributed by atoms with Gasteiger partial charge in [-0.15, -0.1) is 0 Å². The minimum Gasteiger partial charge on any atom is -0.379 e. The Morgan fingerprint density at radius 3 is 2.53 bits per heavy atom. The highest BCUT2D eigenvalue weighted by atomic mass is 16.3. The van der Waals surface area contributed by atoms with Crippen molar-refractivity contribution >= 4 is 5.91 Å². The van der Waals surface area contributed by atoms with E-state index in [1.165, 1.54) is 50.5 Å². The highest BCUT2D eigenvalue weighted by Gasteiger charge is 2.62. The van der Waals surface area contributed by atoms with E-state index in [1.54, 1.807) is 0 Å². The molecule has 0 heterocycles. The zero-order chi connectivity index (χ0) is 24.9. The van der Waals surface area contributed by atoms with Crippen LogP contribution < -0.4 is 11.5 Å². The molecule has 4 heteroatoms. The predicted molar refractivity (Wildman–Crippen MR) is 140 cm³/mol. The third kappa shape index (κ3) is 4.19. The molecule has 0 aromatic heterocycles. The van der Waals surface area contributed by atoms with Crippen molar-refractivity contribution in [2.45, 2.75) is 111 Å². The van der Waals surface area contributed by atoms with Crippen LogP contribution in [0.3, 0.4) is 0 Å². The van der Waals surface area contributed by atoms with E-state index in [2.05, 4.69) is 40.7 Å². The number of amides is 1. The summed E-state index contributed by atoms with van der Waals surface area (Å²) in [5.74, 6) is 3.98. The molecule has 0 spiro atoms. The number of allylic oxidation sites excluding steroid dienone is 1. The fourth-order valence-electron chi connectivity index (χ4n) is 9.68. The van der Waals surface area contributed by atoms with E-state index in [1.807, 2.05) is 0 Å². The van der Waals surface area contributed by atoms with Crippen molar-refractivity contribution in [3.8, 4) is 0 Å². The summed E-state index contributed by atoms with van der Waals surface area (Å²) in [6.07, 6.45) is 15.0. The van der Waals surface area contributed by atoms with E-state index in [0.29, 0.717) is 30.7 Å². The molecule has 5 N–H and O–H groups in total. The molecule has 0 saturated heterocycles. The number of nitrogens with two attached hydrogens (primary N) is 2. The summed E-state index contributed by atoms with van der Waals surface area (Å²) < 4.78 is 0. The van der Waals surface area contributed by atoms with Gasteiger partial charge in [-0.3, -0.25) is 4.79 Å². The van der Waals surface area contributed by atoms with Gasteiger partial charge in [-0.2, -0.15) is 0 Å². The first kappa shape index (κ1) is 26.2. The van der Waals surface area contributed by atoms with Crippen LogP contribution in [-0.4, -0.2) is 23.2 Å². The lowest BCUT2D eigenvalue weighted by atomic mass is 9.45. The van der Waals surface area contributed by atoms with E-state index in [0.717, 1.165) is 42.4 Å². The molecule has 3 saturated carbocycles. The van der Waals surface area contributed by atoms with Crippen molar-refractivity contribution in [1.29, 1.82) is 0 Å². The maximum atomic E-state index is 12.3. The summed E-state index contributed by atoms with van der Waals surface area (Å²) in [5, 5.41) is 11.3. The van der Waals surface area contributed by atoms with Gasteiger partial charge < -0.3 is 16.6 Å². The van der Waals surface area contributed by atoms with Gasteiger partial charge in [0.1, 0.15) is 5.60 Å². The van der Waals surface area contributed by atoms with E-state index < -0.39 is 11.5 Å². The molecule has 4 nitrogen and oxygen atoms in total. The third-order valence-corrected chi connectivity index (χ3v) is 11.6. The first-order chi connectivity index (χ1) is 16.0. The zero-order valence-electron chi connectivity index (χ0n) is 22.6. The van der Waals surface area contributed by atoms with Gasteiger partial charge in [-0.05, 0) is 104 Å². The first-order valence-corrected chi connectivity index (χ1v) is 14.4. The topological polar surface area (TPSA) is 89.3 Å². The monoisotopic (exact) mass is 472 g/mol. The van der Waals surface area contributed by atoms with Gasteiger partial charge in [0, 0.05) is 6.42 Å². The Kier molecular flexibility index (Phi) is 7.35. The Bertz CT molecular complexity index is 793. The molecule has 0 aromatic rings. The van der Waals surface area contributed by atoms with Crippen LogP contribution in [-0.2, 0) is 4.79 Å². The highest BCUT2D eigenvalue weighted by Crippen LogP contribution is 2.68. The molecule has 0 radical (unpaired) electrons. The minimum atomic E-state index is -1.44. The number of primary amides is 1. The molecule has 194 valence electrons. The normalized spacial score (nSPS) is 44.7. The highest BCUT2D eigenvalue weighted by molar-refractivity contribution is 5.84. The van der Waals surface area contributed by atoms with Crippen molar-refractivity contribution in [2.24, 2.45) is 63.7 Å². The molecular formula is C30H52N2O2. The third-order valence-electron chi connectivity index (χ3n) is 11.6. The van der Waals surface area contributed by atoms with Crippen molar-refractivity contribution in [3.05, 3.63) is 11.6 Å². The largest absolute Gasteiger partial charge is 0.379 e. The van der Waals surface area contributed by atoms with Gasteiger partial charge in [0.15, 0.2) is 0 Å². The lowest BCUT2D eigenvalue weighted by Crippen LogP contribution is -2.59. The Morgan fingerprint density at radius 1 is 1.15 bits per heavy atom. The minimum absolute atomic E-state index is 0.0622. The maximum absolute atomic E-state index is 12.3. The van der Waals surface area contributed by atoms with Crippen LogP contribution in [0.2, 0.25) is 0 Å². The Balaban J connectivity index is 1.55. The Labute approximate surface area is 208 Å². The second-order valence-electron chi connectivity index (χ2n) is 13.7. The van der Waals surface area contributed by atoms with Gasteiger partial charge in [-0.1, -0.05) is 65.5 Å². The molecular weight excluding hydrogens is 420 g/mol. The summed E-state index contributed by atoms with van der Waals surface area (Å²) in [6, 6.07) is 0. The van der Waals surface area contributed by atoms with Crippen LogP contribution in [0, 0.1) is 52.3 Å². The van der Waals surface area contributed by atoms with Gasteiger partial charge >= 0.3 is 0 Å². The van der Waals surface area contributed by atoms with Crippen molar-refractivity contribution in [3.63, 3.8) is 0 Å². The summed E-state index contributed by atoms with van der Waals surface area (Å²) in [4.78, 5) is 12.3. The smallest absolute Gasteiger partial charge is 0.250 e. The second kappa shape index (κ2) is 9.54. The van der Waals surface area contributed by atoms with E-state index in [9.17, 15) is 9.90 Å². The lowest BCUT2D eigenvalue weighted by Gasteiger charge is -2.60. The summed E-state index contributed by atoms with van der Waals surface area (Å²) in [7, 11) is 0. The number of aliphatic hydroxyl groups is 1. The van der Waals surface area contributed by atoms with Gasteiger partial charge in [0.2, 0.25) is 5.91 Å². The van der Waals surface area contributed by atoms with Crippen molar-refractivity contribution in [2.75, 3.05) is 6.54 Å². The van der Waals surface area contributed by atoms with Crippen molar-refractivity contribution < 1.29 is 9.90 Å². The number of carbonyl (C=O) groups is 1. The predicted octanol–water partition coefficient (Wildman–Crippen LogP) is 5.82. The molecule has 4 aliphatic rings. The molecule has 9 atom stereocenters. The van der Waals surface area contributed by atoms with E-state index >= 15 is 0 Å². The summed E-state index contributed by atoms with van der Waals surface area (Å²) in [5.41, 5.74) is 12.1. The molecule has 1 amide bonds. The van der Waals surface area contributed by atoms with Gasteiger partial charge in [-0.25, -0.2) is 0 Å². The standard InChI is InChI=1S/C30H52N2O2/c1-19(2)7-6-8-20(3)24-11-12-25-23-10-9-21-18-30(34,27(32)33)22(14-16-31)17-29(21,5)26(23)13-15-28(24,25)4/h9,19-20,22-26,34H,6-8,10-18,31H2,1-5H3,(H2,32,33)/t20-,22?,23+,24-,25+,26+,28-,29+,30?/m1/s1. The number of hydrogen-bond acceptors (Lipinski definition) is 3. The molecule has 0 aliphatic heterocycles. The molecule has 0 bridgehead atoms. The molecule has 2 unspecified atom stereocenters. The first-order valence-electron chi connectivity index (χ1n) is 14.4. The van der Waals surface area contributed by atoms with Crippen LogP contribution in [0.1, 0.15) is 105 Å². The Hall–Kier alpha value is -0.870. The van der Waals surface area contributed by atoms with Crippen LogP contribution in [0.4, 0.5) is 0 Å². The summed E-state index contributed by atoms with van der Waals surface area (Å²) >= 11 is 0. The van der Waals surface area contributed by atoms with E-state index in [-0.39, 0.29) is 11.3 Å².